The van der Waals surface area contributed by atoms with Gasteiger partial charge in [-0.15, -0.1) is 11.3 Å². The first-order valence-corrected chi connectivity index (χ1v) is 8.51. The number of fused-ring (bicyclic) bond motifs is 1. The predicted molar refractivity (Wildman–Crippen MR) is 91.5 cm³/mol. The number of carbonyl (C=O) groups is 2. The molecule has 120 valence electrons. The normalized spacial score (nSPS) is 14.9. The lowest BCUT2D eigenvalue weighted by Crippen LogP contribution is -2.40. The van der Waals surface area contributed by atoms with Crippen molar-refractivity contribution in [1.29, 1.82) is 0 Å². The lowest BCUT2D eigenvalue weighted by atomic mass is 10.0. The summed E-state index contributed by atoms with van der Waals surface area (Å²) in [6, 6.07) is 10.8. The average Bonchev–Trinajstić information content (AvgIpc) is 3.07. The Morgan fingerprint density at radius 2 is 2.09 bits per heavy atom. The Bertz CT molecular complexity index is 700. The number of anilines is 1. The second kappa shape index (κ2) is 6.83. The van der Waals surface area contributed by atoms with Crippen LogP contribution in [0.5, 0.6) is 0 Å². The molecule has 1 aliphatic rings. The van der Waals surface area contributed by atoms with Crippen molar-refractivity contribution in [3.8, 4) is 0 Å². The molecule has 1 unspecified atom stereocenters. The Kier molecular flexibility index (Phi) is 4.62. The number of benzene rings is 1. The molecule has 0 fully saturated rings. The molecule has 2 aromatic rings. The van der Waals surface area contributed by atoms with Gasteiger partial charge in [0.15, 0.2) is 0 Å². The molecule has 0 saturated heterocycles. The van der Waals surface area contributed by atoms with E-state index in [1.807, 2.05) is 40.6 Å². The van der Waals surface area contributed by atoms with Crippen LogP contribution in [-0.4, -0.2) is 18.5 Å². The van der Waals surface area contributed by atoms with Gasteiger partial charge in [-0.05, 0) is 35.9 Å². The zero-order valence-corrected chi connectivity index (χ0v) is 13.5. The van der Waals surface area contributed by atoms with Crippen LogP contribution >= 0.6 is 11.3 Å². The molecule has 1 aliphatic heterocycles. The predicted octanol–water partition coefficient (Wildman–Crippen LogP) is 2.83. The van der Waals surface area contributed by atoms with Gasteiger partial charge in [-0.3, -0.25) is 4.79 Å². The molecule has 0 bridgehead atoms. The fraction of sp³-hybridized carbons (Fsp3) is 0.294. The van der Waals surface area contributed by atoms with E-state index in [1.165, 1.54) is 16.9 Å². The van der Waals surface area contributed by atoms with E-state index in [9.17, 15) is 9.59 Å². The highest BCUT2D eigenvalue weighted by Crippen LogP contribution is 2.29. The van der Waals surface area contributed by atoms with Crippen LogP contribution in [0.3, 0.4) is 0 Å². The summed E-state index contributed by atoms with van der Waals surface area (Å²) in [5.41, 5.74) is 7.44. The van der Waals surface area contributed by atoms with Crippen LogP contribution in [0.25, 0.3) is 0 Å². The van der Waals surface area contributed by atoms with Crippen LogP contribution in [0.2, 0.25) is 0 Å². The minimum absolute atomic E-state index is 0.00398. The minimum atomic E-state index is -0.616. The van der Waals surface area contributed by atoms with Crippen molar-refractivity contribution in [2.24, 2.45) is 5.73 Å². The van der Waals surface area contributed by atoms with Crippen LogP contribution in [0, 0.1) is 0 Å². The van der Waals surface area contributed by atoms with Gasteiger partial charge >= 0.3 is 6.03 Å². The van der Waals surface area contributed by atoms with E-state index in [0.29, 0.717) is 6.54 Å². The molecule has 0 spiro atoms. The van der Waals surface area contributed by atoms with Crippen molar-refractivity contribution in [2.75, 3.05) is 11.4 Å². The van der Waals surface area contributed by atoms with Crippen LogP contribution in [-0.2, 0) is 11.2 Å². The van der Waals surface area contributed by atoms with Crippen LogP contribution in [0.15, 0.2) is 41.8 Å². The molecule has 2 heterocycles. The van der Waals surface area contributed by atoms with Gasteiger partial charge in [-0.1, -0.05) is 24.3 Å². The Labute approximate surface area is 139 Å². The molecule has 3 amide bonds. The number of primary amides is 1. The second-order valence-corrected chi connectivity index (χ2v) is 6.54. The molecule has 0 saturated carbocycles. The smallest absolute Gasteiger partial charge is 0.312 e. The lowest BCUT2D eigenvalue weighted by molar-refractivity contribution is -0.119. The van der Waals surface area contributed by atoms with Gasteiger partial charge in [0.2, 0.25) is 5.91 Å². The first-order chi connectivity index (χ1) is 11.1. The summed E-state index contributed by atoms with van der Waals surface area (Å²) in [6.45, 7) is 0.712. The topological polar surface area (TPSA) is 75.4 Å². The number of nitrogens with two attached hydrogens (primary N) is 1. The first kappa shape index (κ1) is 15.6. The number of hydrogen-bond acceptors (Lipinski definition) is 3. The van der Waals surface area contributed by atoms with E-state index in [4.69, 9.17) is 5.73 Å². The summed E-state index contributed by atoms with van der Waals surface area (Å²) in [5, 5.41) is 4.60. The van der Waals surface area contributed by atoms with Crippen LogP contribution in [0.4, 0.5) is 10.5 Å². The molecule has 3 N–H and O–H groups in total. The largest absolute Gasteiger partial charge is 0.352 e. The van der Waals surface area contributed by atoms with Crippen LogP contribution in [0.1, 0.15) is 29.3 Å². The van der Waals surface area contributed by atoms with E-state index in [2.05, 4.69) is 11.4 Å². The molecular weight excluding hydrogens is 310 g/mol. The van der Waals surface area contributed by atoms with E-state index in [-0.39, 0.29) is 18.4 Å². The van der Waals surface area contributed by atoms with Gasteiger partial charge in [0.05, 0.1) is 12.5 Å². The van der Waals surface area contributed by atoms with E-state index < -0.39 is 6.03 Å². The fourth-order valence-corrected chi connectivity index (χ4v) is 3.74. The van der Waals surface area contributed by atoms with Crippen molar-refractivity contribution >= 4 is 29.0 Å². The molecule has 3 rings (SSSR count). The molecule has 1 atom stereocenters. The molecule has 0 radical (unpaired) electrons. The minimum Gasteiger partial charge on any atom is -0.352 e. The monoisotopic (exact) mass is 329 g/mol. The maximum atomic E-state index is 12.8. The van der Waals surface area contributed by atoms with Gasteiger partial charge in [0, 0.05) is 17.1 Å². The highest BCUT2D eigenvalue weighted by atomic mass is 32.1. The summed E-state index contributed by atoms with van der Waals surface area (Å²) in [7, 11) is 0. The fourth-order valence-electron chi connectivity index (χ4n) is 2.96. The van der Waals surface area contributed by atoms with Crippen molar-refractivity contribution in [1.82, 2.24) is 5.32 Å². The molecular formula is C17H19N3O2S. The Hall–Kier alpha value is -2.34. The SMILES string of the molecule is NC(=O)NC(CC(=O)N1CCCc2ccccc21)c1cccs1. The lowest BCUT2D eigenvalue weighted by Gasteiger charge is -2.30. The number of aryl methyl sites for hydroxylation is 1. The van der Waals surface area contributed by atoms with E-state index in [0.717, 1.165) is 23.4 Å². The van der Waals surface area contributed by atoms with Crippen molar-refractivity contribution < 1.29 is 9.59 Å². The average molecular weight is 329 g/mol. The third-order valence-corrected chi connectivity index (χ3v) is 4.98. The Balaban J connectivity index is 1.79. The zero-order chi connectivity index (χ0) is 16.2. The van der Waals surface area contributed by atoms with Crippen molar-refractivity contribution in [3.05, 3.63) is 52.2 Å². The van der Waals surface area contributed by atoms with E-state index >= 15 is 0 Å². The molecule has 0 aliphatic carbocycles. The van der Waals surface area contributed by atoms with Gasteiger partial charge in [-0.2, -0.15) is 0 Å². The molecule has 23 heavy (non-hydrogen) atoms. The van der Waals surface area contributed by atoms with Gasteiger partial charge in [0.1, 0.15) is 0 Å². The van der Waals surface area contributed by atoms with Gasteiger partial charge in [-0.25, -0.2) is 4.79 Å². The molecule has 1 aromatic heterocycles. The summed E-state index contributed by atoms with van der Waals surface area (Å²) in [4.78, 5) is 26.8. The number of hydrogen-bond donors (Lipinski definition) is 2. The Morgan fingerprint density at radius 3 is 2.83 bits per heavy atom. The quantitative estimate of drug-likeness (QED) is 0.905. The standard InChI is InChI=1S/C17H19N3O2S/c18-17(22)19-13(15-8-4-10-23-15)11-16(21)20-9-3-6-12-5-1-2-7-14(12)20/h1-2,4-5,7-8,10,13H,3,6,9,11H2,(H3,18,19,22). The zero-order valence-electron chi connectivity index (χ0n) is 12.7. The number of rotatable bonds is 4. The summed E-state index contributed by atoms with van der Waals surface area (Å²) in [5.74, 6) is 0.00398. The highest BCUT2D eigenvalue weighted by Gasteiger charge is 2.26. The molecule has 6 heteroatoms. The first-order valence-electron chi connectivity index (χ1n) is 7.63. The summed E-state index contributed by atoms with van der Waals surface area (Å²) >= 11 is 1.51. The van der Waals surface area contributed by atoms with Gasteiger partial charge < -0.3 is 16.0 Å². The summed E-state index contributed by atoms with van der Waals surface area (Å²) < 4.78 is 0. The molecule has 5 nitrogen and oxygen atoms in total. The number of nitrogens with one attached hydrogen (secondary N) is 1. The number of amides is 3. The number of nitrogens with zero attached hydrogens (tertiary/aromatic N) is 1. The third kappa shape index (κ3) is 3.53. The van der Waals surface area contributed by atoms with Gasteiger partial charge in [0.25, 0.3) is 0 Å². The molecule has 1 aromatic carbocycles. The maximum Gasteiger partial charge on any atom is 0.312 e. The maximum absolute atomic E-state index is 12.8. The van der Waals surface area contributed by atoms with Crippen LogP contribution < -0.4 is 16.0 Å². The van der Waals surface area contributed by atoms with Crippen molar-refractivity contribution in [2.45, 2.75) is 25.3 Å². The number of thiophene rings is 1. The number of carbonyl (C=O) groups excluding carboxylic acids is 2. The second-order valence-electron chi connectivity index (χ2n) is 5.56. The van der Waals surface area contributed by atoms with E-state index in [1.54, 1.807) is 0 Å². The third-order valence-electron chi connectivity index (χ3n) is 3.99. The highest BCUT2D eigenvalue weighted by molar-refractivity contribution is 7.10. The number of para-hydroxylation sites is 1. The number of urea groups is 1. The summed E-state index contributed by atoms with van der Waals surface area (Å²) in [6.07, 6.45) is 2.15. The van der Waals surface area contributed by atoms with Crippen molar-refractivity contribution in [3.63, 3.8) is 0 Å². The Morgan fingerprint density at radius 1 is 1.26 bits per heavy atom.